The standard InChI is InChI=1S/C18H20Cl2N4O2S/c19-15-2-1-14(11-16(15)20)22-18(26)21-4-5-23-6-8-24(9-7-23)17(25)13-3-10-27-12-13/h1-3,10-12H,4-9H2,(H2,21,22,26). The lowest BCUT2D eigenvalue weighted by molar-refractivity contribution is 0.0640. The molecule has 144 valence electrons. The second kappa shape index (κ2) is 9.41. The molecule has 2 aromatic rings. The summed E-state index contributed by atoms with van der Waals surface area (Å²) in [4.78, 5) is 28.4. The van der Waals surface area contributed by atoms with Crippen LogP contribution in [0.1, 0.15) is 10.4 Å². The van der Waals surface area contributed by atoms with Gasteiger partial charge in [-0.2, -0.15) is 11.3 Å². The molecule has 0 bridgehead atoms. The van der Waals surface area contributed by atoms with Crippen molar-refractivity contribution in [2.24, 2.45) is 0 Å². The summed E-state index contributed by atoms with van der Waals surface area (Å²) >= 11 is 13.3. The lowest BCUT2D eigenvalue weighted by atomic mass is 10.2. The number of benzene rings is 1. The van der Waals surface area contributed by atoms with E-state index in [1.54, 1.807) is 18.2 Å². The van der Waals surface area contributed by atoms with E-state index >= 15 is 0 Å². The van der Waals surface area contributed by atoms with Crippen LogP contribution in [0.3, 0.4) is 0 Å². The first-order chi connectivity index (χ1) is 13.0. The Balaban J connectivity index is 1.36. The predicted octanol–water partition coefficient (Wildman–Crippen LogP) is 3.63. The van der Waals surface area contributed by atoms with E-state index in [1.165, 1.54) is 11.3 Å². The first-order valence-corrected chi connectivity index (χ1v) is 10.3. The van der Waals surface area contributed by atoms with E-state index in [0.717, 1.165) is 25.2 Å². The molecule has 3 rings (SSSR count). The van der Waals surface area contributed by atoms with Crippen LogP contribution in [-0.2, 0) is 0 Å². The van der Waals surface area contributed by atoms with Crippen molar-refractivity contribution in [2.75, 3.05) is 44.6 Å². The van der Waals surface area contributed by atoms with Crippen molar-refractivity contribution in [1.82, 2.24) is 15.1 Å². The number of amides is 3. The highest BCUT2D eigenvalue weighted by Crippen LogP contribution is 2.24. The monoisotopic (exact) mass is 426 g/mol. The van der Waals surface area contributed by atoms with Crippen LogP contribution in [0, 0.1) is 0 Å². The molecular weight excluding hydrogens is 407 g/mol. The summed E-state index contributed by atoms with van der Waals surface area (Å²) in [6.07, 6.45) is 0. The van der Waals surface area contributed by atoms with Gasteiger partial charge in [-0.15, -0.1) is 0 Å². The topological polar surface area (TPSA) is 64.7 Å². The van der Waals surface area contributed by atoms with E-state index in [4.69, 9.17) is 23.2 Å². The Hall–Kier alpha value is -1.80. The van der Waals surface area contributed by atoms with Crippen molar-refractivity contribution in [1.29, 1.82) is 0 Å². The van der Waals surface area contributed by atoms with Crippen LogP contribution in [0.15, 0.2) is 35.0 Å². The van der Waals surface area contributed by atoms with Crippen molar-refractivity contribution in [2.45, 2.75) is 0 Å². The molecule has 1 aliphatic heterocycles. The number of nitrogens with one attached hydrogen (secondary N) is 2. The minimum Gasteiger partial charge on any atom is -0.337 e. The maximum Gasteiger partial charge on any atom is 0.319 e. The zero-order chi connectivity index (χ0) is 19.2. The Bertz CT molecular complexity index is 793. The summed E-state index contributed by atoms with van der Waals surface area (Å²) in [5, 5.41) is 10.2. The summed E-state index contributed by atoms with van der Waals surface area (Å²) in [7, 11) is 0. The smallest absolute Gasteiger partial charge is 0.319 e. The maximum absolute atomic E-state index is 12.3. The average molecular weight is 427 g/mol. The Kier molecular flexibility index (Phi) is 6.95. The summed E-state index contributed by atoms with van der Waals surface area (Å²) in [5.74, 6) is 0.0926. The van der Waals surface area contributed by atoms with Crippen molar-refractivity contribution >= 4 is 52.2 Å². The van der Waals surface area contributed by atoms with Crippen molar-refractivity contribution in [3.8, 4) is 0 Å². The zero-order valence-electron chi connectivity index (χ0n) is 14.6. The number of rotatable bonds is 5. The highest BCUT2D eigenvalue weighted by molar-refractivity contribution is 7.08. The van der Waals surface area contributed by atoms with E-state index in [0.29, 0.717) is 35.4 Å². The van der Waals surface area contributed by atoms with Gasteiger partial charge in [0.25, 0.3) is 5.91 Å². The van der Waals surface area contributed by atoms with E-state index in [1.807, 2.05) is 21.7 Å². The first kappa shape index (κ1) is 19.9. The lowest BCUT2D eigenvalue weighted by Crippen LogP contribution is -2.50. The fourth-order valence-electron chi connectivity index (χ4n) is 2.82. The molecular formula is C18H20Cl2N4O2S. The molecule has 1 fully saturated rings. The fourth-order valence-corrected chi connectivity index (χ4v) is 3.75. The number of nitrogens with zero attached hydrogens (tertiary/aromatic N) is 2. The van der Waals surface area contributed by atoms with Gasteiger partial charge in [-0.05, 0) is 29.6 Å². The molecule has 0 radical (unpaired) electrons. The lowest BCUT2D eigenvalue weighted by Gasteiger charge is -2.34. The third kappa shape index (κ3) is 5.59. The number of urea groups is 1. The van der Waals surface area contributed by atoms with Crippen LogP contribution < -0.4 is 10.6 Å². The van der Waals surface area contributed by atoms with Crippen LogP contribution >= 0.6 is 34.5 Å². The molecule has 0 saturated carbocycles. The van der Waals surface area contributed by atoms with E-state index in [9.17, 15) is 9.59 Å². The minimum absolute atomic E-state index is 0.0926. The first-order valence-electron chi connectivity index (χ1n) is 8.56. The van der Waals surface area contributed by atoms with Gasteiger partial charge in [0.05, 0.1) is 15.6 Å². The number of carbonyl (C=O) groups excluding carboxylic acids is 2. The maximum atomic E-state index is 12.3. The molecule has 1 aromatic heterocycles. The molecule has 1 aliphatic rings. The summed E-state index contributed by atoms with van der Waals surface area (Å²) < 4.78 is 0. The largest absolute Gasteiger partial charge is 0.337 e. The number of piperazine rings is 1. The van der Waals surface area contributed by atoms with Crippen molar-refractivity contribution in [3.63, 3.8) is 0 Å². The highest BCUT2D eigenvalue weighted by atomic mass is 35.5. The van der Waals surface area contributed by atoms with Crippen LogP contribution in [-0.4, -0.2) is 61.0 Å². The third-order valence-electron chi connectivity index (χ3n) is 4.32. The van der Waals surface area contributed by atoms with Gasteiger partial charge in [-0.3, -0.25) is 9.69 Å². The van der Waals surface area contributed by atoms with Crippen molar-refractivity contribution < 1.29 is 9.59 Å². The van der Waals surface area contributed by atoms with Gasteiger partial charge in [0, 0.05) is 50.3 Å². The molecule has 0 spiro atoms. The summed E-state index contributed by atoms with van der Waals surface area (Å²) in [6.45, 7) is 4.24. The summed E-state index contributed by atoms with van der Waals surface area (Å²) in [6, 6.07) is 6.50. The molecule has 6 nitrogen and oxygen atoms in total. The molecule has 27 heavy (non-hydrogen) atoms. The molecule has 1 aromatic carbocycles. The highest BCUT2D eigenvalue weighted by Gasteiger charge is 2.22. The zero-order valence-corrected chi connectivity index (χ0v) is 16.9. The van der Waals surface area contributed by atoms with Crippen molar-refractivity contribution in [3.05, 3.63) is 50.6 Å². The third-order valence-corrected chi connectivity index (χ3v) is 5.74. The van der Waals surface area contributed by atoms with Crippen LogP contribution in [0.4, 0.5) is 10.5 Å². The van der Waals surface area contributed by atoms with E-state index < -0.39 is 0 Å². The number of anilines is 1. The number of carbonyl (C=O) groups is 2. The minimum atomic E-state index is -0.292. The predicted molar refractivity (Wildman–Crippen MR) is 110 cm³/mol. The van der Waals surface area contributed by atoms with Gasteiger partial charge < -0.3 is 15.5 Å². The van der Waals surface area contributed by atoms with E-state index in [-0.39, 0.29) is 11.9 Å². The average Bonchev–Trinajstić information content (AvgIpc) is 3.19. The molecule has 0 unspecified atom stereocenters. The van der Waals surface area contributed by atoms with Gasteiger partial charge in [0.1, 0.15) is 0 Å². The summed E-state index contributed by atoms with van der Waals surface area (Å²) in [5.41, 5.74) is 1.34. The molecule has 3 amide bonds. The molecule has 9 heteroatoms. The quantitative estimate of drug-likeness (QED) is 0.766. The SMILES string of the molecule is O=C(NCCN1CCN(C(=O)c2ccsc2)CC1)Nc1ccc(Cl)c(Cl)c1. The van der Waals surface area contributed by atoms with Gasteiger partial charge in [-0.1, -0.05) is 23.2 Å². The van der Waals surface area contributed by atoms with Crippen LogP contribution in [0.25, 0.3) is 0 Å². The van der Waals surface area contributed by atoms with Crippen LogP contribution in [0.2, 0.25) is 10.0 Å². The Morgan fingerprint density at radius 1 is 1.07 bits per heavy atom. The normalized spacial score (nSPS) is 14.8. The number of hydrogen-bond donors (Lipinski definition) is 2. The van der Waals surface area contributed by atoms with Gasteiger partial charge >= 0.3 is 6.03 Å². The number of thiophene rings is 1. The van der Waals surface area contributed by atoms with Gasteiger partial charge in [0.2, 0.25) is 0 Å². The molecule has 1 saturated heterocycles. The van der Waals surface area contributed by atoms with Gasteiger partial charge in [0.15, 0.2) is 0 Å². The molecule has 2 heterocycles. The Labute approximate surface area is 172 Å². The molecule has 0 aliphatic carbocycles. The van der Waals surface area contributed by atoms with E-state index in [2.05, 4.69) is 15.5 Å². The Morgan fingerprint density at radius 3 is 2.52 bits per heavy atom. The van der Waals surface area contributed by atoms with Gasteiger partial charge in [-0.25, -0.2) is 4.79 Å². The Morgan fingerprint density at radius 2 is 1.85 bits per heavy atom. The second-order valence-electron chi connectivity index (χ2n) is 6.16. The second-order valence-corrected chi connectivity index (χ2v) is 7.75. The van der Waals surface area contributed by atoms with Crippen LogP contribution in [0.5, 0.6) is 0 Å². The number of halogens is 2. The molecule has 0 atom stereocenters. The molecule has 2 N–H and O–H groups in total. The number of hydrogen-bond acceptors (Lipinski definition) is 4. The fraction of sp³-hybridized carbons (Fsp3) is 0.333.